The Balaban J connectivity index is 2.20. The average molecular weight is 446 g/mol. The minimum absolute atomic E-state index is 0.101. The second-order valence-electron chi connectivity index (χ2n) is 4.63. The molecule has 0 aliphatic rings. The quantitative estimate of drug-likeness (QED) is 0.696. The van der Waals surface area contributed by atoms with E-state index in [0.717, 1.165) is 28.6 Å². The van der Waals surface area contributed by atoms with Gasteiger partial charge in [0.15, 0.2) is 0 Å². The Morgan fingerprint density at radius 1 is 1.20 bits per heavy atom. The van der Waals surface area contributed by atoms with Crippen LogP contribution in [0.5, 0.6) is 0 Å². The lowest BCUT2D eigenvalue weighted by atomic mass is 9.98. The Bertz CT molecular complexity index is 571. The molecule has 0 heterocycles. The summed E-state index contributed by atoms with van der Waals surface area (Å²) in [5.41, 5.74) is 9.93. The van der Waals surface area contributed by atoms with E-state index in [2.05, 4.69) is 74.9 Å². The van der Waals surface area contributed by atoms with Gasteiger partial charge >= 0.3 is 0 Å². The summed E-state index contributed by atoms with van der Waals surface area (Å²) in [6.45, 7) is 0.745. The molecule has 0 bridgehead atoms. The van der Waals surface area contributed by atoms with Gasteiger partial charge in [0, 0.05) is 15.2 Å². The zero-order chi connectivity index (χ0) is 14.5. The molecule has 0 aliphatic heterocycles. The van der Waals surface area contributed by atoms with Gasteiger partial charge < -0.3 is 10.5 Å². The molecule has 4 heteroatoms. The first-order chi connectivity index (χ1) is 9.61. The van der Waals surface area contributed by atoms with E-state index in [-0.39, 0.29) is 6.04 Å². The molecule has 0 amide bonds. The standard InChI is InChI=1S/C16H17BrINO/c1-20-9-8-11-2-4-12(5-3-11)16(19)14-10-13(17)6-7-15(14)18/h2-7,10,16H,8-9,19H2,1H3. The van der Waals surface area contributed by atoms with Crippen molar-refractivity contribution in [3.63, 3.8) is 0 Å². The summed E-state index contributed by atoms with van der Waals surface area (Å²) in [5, 5.41) is 0. The molecule has 2 N–H and O–H groups in total. The van der Waals surface area contributed by atoms with Gasteiger partial charge in [0.25, 0.3) is 0 Å². The first-order valence-corrected chi connectivity index (χ1v) is 8.27. The van der Waals surface area contributed by atoms with E-state index in [4.69, 9.17) is 10.5 Å². The number of nitrogens with two attached hydrogens (primary N) is 1. The van der Waals surface area contributed by atoms with E-state index in [1.165, 1.54) is 9.13 Å². The first kappa shape index (κ1) is 15.9. The van der Waals surface area contributed by atoms with E-state index in [1.54, 1.807) is 7.11 Å². The second-order valence-corrected chi connectivity index (χ2v) is 6.71. The highest BCUT2D eigenvalue weighted by Crippen LogP contribution is 2.27. The minimum atomic E-state index is -0.101. The summed E-state index contributed by atoms with van der Waals surface area (Å²) in [6, 6.07) is 14.6. The SMILES string of the molecule is COCCc1ccc(C(N)c2cc(Br)ccc2I)cc1. The van der Waals surface area contributed by atoms with Crippen LogP contribution in [-0.2, 0) is 11.2 Å². The molecule has 0 spiro atoms. The van der Waals surface area contributed by atoms with Gasteiger partial charge in [-0.3, -0.25) is 0 Å². The van der Waals surface area contributed by atoms with Crippen molar-refractivity contribution in [2.75, 3.05) is 13.7 Å². The van der Waals surface area contributed by atoms with Gasteiger partial charge in [-0.1, -0.05) is 40.2 Å². The molecule has 2 rings (SSSR count). The van der Waals surface area contributed by atoms with Crippen molar-refractivity contribution >= 4 is 38.5 Å². The van der Waals surface area contributed by atoms with Crippen molar-refractivity contribution < 1.29 is 4.74 Å². The molecule has 2 aromatic carbocycles. The molecule has 0 fully saturated rings. The molecule has 2 aromatic rings. The topological polar surface area (TPSA) is 35.2 Å². The maximum absolute atomic E-state index is 6.39. The van der Waals surface area contributed by atoms with Gasteiger partial charge in [-0.2, -0.15) is 0 Å². The Hall–Kier alpha value is -0.430. The van der Waals surface area contributed by atoms with Crippen molar-refractivity contribution in [2.45, 2.75) is 12.5 Å². The third-order valence-corrected chi connectivity index (χ3v) is 4.70. The molecule has 1 atom stereocenters. The molecule has 1 unspecified atom stereocenters. The van der Waals surface area contributed by atoms with Crippen molar-refractivity contribution in [3.05, 3.63) is 67.2 Å². The summed E-state index contributed by atoms with van der Waals surface area (Å²) in [5.74, 6) is 0. The predicted octanol–water partition coefficient (Wildman–Crippen LogP) is 4.29. The number of benzene rings is 2. The molecule has 0 saturated carbocycles. The van der Waals surface area contributed by atoms with E-state index in [0.29, 0.717) is 0 Å². The van der Waals surface area contributed by atoms with Crippen LogP contribution in [0.25, 0.3) is 0 Å². The van der Waals surface area contributed by atoms with Crippen LogP contribution in [0.15, 0.2) is 46.9 Å². The van der Waals surface area contributed by atoms with Crippen LogP contribution in [0.3, 0.4) is 0 Å². The van der Waals surface area contributed by atoms with Gasteiger partial charge in [-0.15, -0.1) is 0 Å². The molecule has 106 valence electrons. The summed E-state index contributed by atoms with van der Waals surface area (Å²) in [6.07, 6.45) is 0.931. The van der Waals surface area contributed by atoms with Gasteiger partial charge in [0.1, 0.15) is 0 Å². The van der Waals surface area contributed by atoms with Crippen molar-refractivity contribution in [1.82, 2.24) is 0 Å². The van der Waals surface area contributed by atoms with Crippen LogP contribution >= 0.6 is 38.5 Å². The highest BCUT2D eigenvalue weighted by molar-refractivity contribution is 14.1. The molecule has 2 nitrogen and oxygen atoms in total. The van der Waals surface area contributed by atoms with Crippen LogP contribution in [0.4, 0.5) is 0 Å². The number of rotatable bonds is 5. The van der Waals surface area contributed by atoms with Crippen LogP contribution in [0.2, 0.25) is 0 Å². The molecule has 0 aromatic heterocycles. The fraction of sp³-hybridized carbons (Fsp3) is 0.250. The molecular formula is C16H17BrINO. The van der Waals surface area contributed by atoms with Gasteiger partial charge in [-0.25, -0.2) is 0 Å². The molecular weight excluding hydrogens is 429 g/mol. The number of hydrogen-bond donors (Lipinski definition) is 1. The zero-order valence-electron chi connectivity index (χ0n) is 11.3. The number of hydrogen-bond acceptors (Lipinski definition) is 2. The first-order valence-electron chi connectivity index (χ1n) is 6.40. The second kappa shape index (κ2) is 7.54. The van der Waals surface area contributed by atoms with E-state index >= 15 is 0 Å². The molecule has 0 aliphatic carbocycles. The highest BCUT2D eigenvalue weighted by atomic mass is 127. The van der Waals surface area contributed by atoms with E-state index in [1.807, 2.05) is 6.07 Å². The van der Waals surface area contributed by atoms with Crippen LogP contribution in [0, 0.1) is 3.57 Å². The maximum Gasteiger partial charge on any atom is 0.0562 e. The fourth-order valence-electron chi connectivity index (χ4n) is 2.04. The van der Waals surface area contributed by atoms with Crippen LogP contribution < -0.4 is 5.73 Å². The smallest absolute Gasteiger partial charge is 0.0562 e. The Kier molecular flexibility index (Phi) is 6.01. The van der Waals surface area contributed by atoms with Crippen molar-refractivity contribution in [1.29, 1.82) is 0 Å². The fourth-order valence-corrected chi connectivity index (χ4v) is 3.09. The summed E-state index contributed by atoms with van der Waals surface area (Å²) in [4.78, 5) is 0. The van der Waals surface area contributed by atoms with Crippen molar-refractivity contribution in [3.8, 4) is 0 Å². The summed E-state index contributed by atoms with van der Waals surface area (Å²) in [7, 11) is 1.72. The van der Waals surface area contributed by atoms with Crippen LogP contribution in [0.1, 0.15) is 22.7 Å². The molecule has 0 saturated heterocycles. The van der Waals surface area contributed by atoms with Gasteiger partial charge in [0.2, 0.25) is 0 Å². The molecule has 20 heavy (non-hydrogen) atoms. The summed E-state index contributed by atoms with van der Waals surface area (Å²) >= 11 is 5.83. The van der Waals surface area contributed by atoms with Crippen LogP contribution in [-0.4, -0.2) is 13.7 Å². The lowest BCUT2D eigenvalue weighted by molar-refractivity contribution is 0.202. The number of halogens is 2. The zero-order valence-corrected chi connectivity index (χ0v) is 15.0. The highest BCUT2D eigenvalue weighted by Gasteiger charge is 2.12. The Labute approximate surface area is 142 Å². The minimum Gasteiger partial charge on any atom is -0.384 e. The summed E-state index contributed by atoms with van der Waals surface area (Å²) < 4.78 is 7.33. The van der Waals surface area contributed by atoms with Crippen molar-refractivity contribution in [2.24, 2.45) is 5.73 Å². The average Bonchev–Trinajstić information content (AvgIpc) is 2.47. The third-order valence-electron chi connectivity index (χ3n) is 3.23. The largest absolute Gasteiger partial charge is 0.384 e. The van der Waals surface area contributed by atoms with Gasteiger partial charge in [-0.05, 0) is 63.9 Å². The third kappa shape index (κ3) is 4.04. The molecule has 0 radical (unpaired) electrons. The monoisotopic (exact) mass is 445 g/mol. The normalized spacial score (nSPS) is 12.4. The lowest BCUT2D eigenvalue weighted by Gasteiger charge is -2.15. The Morgan fingerprint density at radius 2 is 1.90 bits per heavy atom. The number of ether oxygens (including phenoxy) is 1. The van der Waals surface area contributed by atoms with Gasteiger partial charge in [0.05, 0.1) is 12.6 Å². The Morgan fingerprint density at radius 3 is 2.55 bits per heavy atom. The number of methoxy groups -OCH3 is 1. The lowest BCUT2D eigenvalue weighted by Crippen LogP contribution is -2.13. The van der Waals surface area contributed by atoms with E-state index in [9.17, 15) is 0 Å². The van der Waals surface area contributed by atoms with E-state index < -0.39 is 0 Å². The predicted molar refractivity (Wildman–Crippen MR) is 94.9 cm³/mol. The maximum atomic E-state index is 6.39.